The van der Waals surface area contributed by atoms with Crippen molar-refractivity contribution in [2.24, 2.45) is 0 Å². The van der Waals surface area contributed by atoms with Gasteiger partial charge in [-0.25, -0.2) is 9.78 Å². The van der Waals surface area contributed by atoms with Gasteiger partial charge in [0.25, 0.3) is 5.91 Å². The molecule has 0 radical (unpaired) electrons. The predicted octanol–water partition coefficient (Wildman–Crippen LogP) is 2.79. The van der Waals surface area contributed by atoms with Gasteiger partial charge in [0.15, 0.2) is 0 Å². The van der Waals surface area contributed by atoms with Crippen molar-refractivity contribution < 1.29 is 9.59 Å². The van der Waals surface area contributed by atoms with Crippen LogP contribution < -0.4 is 5.32 Å². The van der Waals surface area contributed by atoms with Gasteiger partial charge in [-0.05, 0) is 55.0 Å². The van der Waals surface area contributed by atoms with E-state index in [0.717, 1.165) is 30.5 Å². The SMILES string of the molecule is CC1(c2ccc3c(c2)CCC3)NC(=O)N(Cc2cn3ccccc3n2)C1=O. The molecular formula is C21H20N4O2. The molecule has 6 nitrogen and oxygen atoms in total. The lowest BCUT2D eigenvalue weighted by Gasteiger charge is -2.23. The Hall–Kier alpha value is -3.15. The van der Waals surface area contributed by atoms with E-state index in [1.165, 1.54) is 16.0 Å². The first kappa shape index (κ1) is 16.1. The van der Waals surface area contributed by atoms with Crippen LogP contribution in [0.15, 0.2) is 48.8 Å². The van der Waals surface area contributed by atoms with Crippen LogP contribution in [0, 0.1) is 0 Å². The maximum atomic E-state index is 13.2. The number of benzene rings is 1. The van der Waals surface area contributed by atoms with Crippen molar-refractivity contribution in [3.8, 4) is 0 Å². The molecule has 1 aliphatic heterocycles. The van der Waals surface area contributed by atoms with Crippen LogP contribution in [0.3, 0.4) is 0 Å². The molecule has 1 aliphatic carbocycles. The Morgan fingerprint density at radius 2 is 2.00 bits per heavy atom. The fraction of sp³-hybridized carbons (Fsp3) is 0.286. The summed E-state index contributed by atoms with van der Waals surface area (Å²) in [5.74, 6) is -0.234. The summed E-state index contributed by atoms with van der Waals surface area (Å²) in [6.07, 6.45) is 7.02. The van der Waals surface area contributed by atoms with Crippen LogP contribution in [0.5, 0.6) is 0 Å². The summed E-state index contributed by atoms with van der Waals surface area (Å²) in [5.41, 5.74) is 3.92. The first-order valence-corrected chi connectivity index (χ1v) is 9.23. The number of imide groups is 1. The summed E-state index contributed by atoms with van der Waals surface area (Å²) >= 11 is 0. The van der Waals surface area contributed by atoms with Crippen LogP contribution in [-0.4, -0.2) is 26.2 Å². The fourth-order valence-electron chi connectivity index (χ4n) is 4.14. The number of nitrogens with one attached hydrogen (secondary N) is 1. The highest BCUT2D eigenvalue weighted by atomic mass is 16.2. The minimum Gasteiger partial charge on any atom is -0.319 e. The number of nitrogens with zero attached hydrogens (tertiary/aromatic N) is 3. The standard InChI is InChI=1S/C21H20N4O2/c1-21(16-9-8-14-5-4-6-15(14)11-16)19(26)25(20(27)23-21)13-17-12-24-10-3-2-7-18(24)22-17/h2-3,7-12H,4-6,13H2,1H3,(H,23,27). The zero-order valence-electron chi connectivity index (χ0n) is 15.1. The van der Waals surface area contributed by atoms with E-state index in [1.807, 2.05) is 41.1 Å². The lowest BCUT2D eigenvalue weighted by Crippen LogP contribution is -2.41. The molecule has 0 saturated carbocycles. The molecule has 1 unspecified atom stereocenters. The van der Waals surface area contributed by atoms with Crippen molar-refractivity contribution >= 4 is 17.6 Å². The van der Waals surface area contributed by atoms with Crippen molar-refractivity contribution in [2.45, 2.75) is 38.3 Å². The molecule has 6 heteroatoms. The number of pyridine rings is 1. The van der Waals surface area contributed by atoms with E-state index in [1.54, 1.807) is 6.92 Å². The number of urea groups is 1. The van der Waals surface area contributed by atoms with E-state index in [0.29, 0.717) is 5.69 Å². The largest absolute Gasteiger partial charge is 0.325 e. The first-order valence-electron chi connectivity index (χ1n) is 9.23. The molecule has 27 heavy (non-hydrogen) atoms. The summed E-state index contributed by atoms with van der Waals surface area (Å²) in [5, 5.41) is 2.89. The summed E-state index contributed by atoms with van der Waals surface area (Å²) in [6, 6.07) is 11.5. The minimum atomic E-state index is -1.03. The number of hydrogen-bond donors (Lipinski definition) is 1. The van der Waals surface area contributed by atoms with Gasteiger partial charge in [-0.1, -0.05) is 24.3 Å². The van der Waals surface area contributed by atoms with E-state index >= 15 is 0 Å². The van der Waals surface area contributed by atoms with Gasteiger partial charge in [0, 0.05) is 12.4 Å². The van der Waals surface area contributed by atoms with Gasteiger partial charge in [-0.2, -0.15) is 0 Å². The number of aromatic nitrogens is 2. The molecule has 3 aromatic rings. The molecule has 2 aromatic heterocycles. The minimum absolute atomic E-state index is 0.160. The van der Waals surface area contributed by atoms with Crippen molar-refractivity contribution in [1.29, 1.82) is 0 Å². The van der Waals surface area contributed by atoms with Gasteiger partial charge in [0.1, 0.15) is 11.2 Å². The lowest BCUT2D eigenvalue weighted by molar-refractivity contribution is -0.131. The third kappa shape index (κ3) is 2.44. The second-order valence-electron chi connectivity index (χ2n) is 7.48. The van der Waals surface area contributed by atoms with Gasteiger partial charge < -0.3 is 9.72 Å². The van der Waals surface area contributed by atoms with Crippen molar-refractivity contribution in [2.75, 3.05) is 0 Å². The Morgan fingerprint density at radius 3 is 2.85 bits per heavy atom. The number of imidazole rings is 1. The zero-order valence-corrected chi connectivity index (χ0v) is 15.1. The number of carbonyl (C=O) groups is 2. The third-order valence-corrected chi connectivity index (χ3v) is 5.68. The molecule has 2 aliphatic rings. The Labute approximate surface area is 156 Å². The van der Waals surface area contributed by atoms with Gasteiger partial charge in [0.2, 0.25) is 0 Å². The fourth-order valence-corrected chi connectivity index (χ4v) is 4.14. The molecule has 1 N–H and O–H groups in total. The normalized spacial score (nSPS) is 21.7. The molecule has 3 heterocycles. The summed E-state index contributed by atoms with van der Waals surface area (Å²) in [4.78, 5) is 31.5. The molecule has 1 aromatic carbocycles. The van der Waals surface area contributed by atoms with Gasteiger partial charge >= 0.3 is 6.03 Å². The summed E-state index contributed by atoms with van der Waals surface area (Å²) < 4.78 is 1.88. The van der Waals surface area contributed by atoms with Crippen molar-refractivity contribution in [3.05, 3.63) is 71.2 Å². The Morgan fingerprint density at radius 1 is 1.15 bits per heavy atom. The predicted molar refractivity (Wildman–Crippen MR) is 100 cm³/mol. The highest BCUT2D eigenvalue weighted by Gasteiger charge is 2.49. The Balaban J connectivity index is 1.45. The van der Waals surface area contributed by atoms with E-state index < -0.39 is 5.54 Å². The van der Waals surface area contributed by atoms with Crippen LogP contribution in [0.1, 0.15) is 35.7 Å². The summed E-state index contributed by atoms with van der Waals surface area (Å²) in [6.45, 7) is 1.94. The second-order valence-corrected chi connectivity index (χ2v) is 7.48. The molecule has 0 spiro atoms. The highest BCUT2D eigenvalue weighted by molar-refractivity contribution is 6.07. The van der Waals surface area contributed by atoms with Crippen LogP contribution >= 0.6 is 0 Å². The zero-order chi connectivity index (χ0) is 18.6. The van der Waals surface area contributed by atoms with E-state index in [4.69, 9.17) is 0 Å². The van der Waals surface area contributed by atoms with Gasteiger partial charge in [0.05, 0.1) is 12.2 Å². The molecule has 1 fully saturated rings. The molecule has 5 rings (SSSR count). The lowest BCUT2D eigenvalue weighted by atomic mass is 9.89. The molecule has 1 atom stereocenters. The monoisotopic (exact) mass is 360 g/mol. The molecule has 0 bridgehead atoms. The molecule has 1 saturated heterocycles. The second kappa shape index (κ2) is 5.67. The maximum Gasteiger partial charge on any atom is 0.325 e. The first-order chi connectivity index (χ1) is 13.0. The van der Waals surface area contributed by atoms with Crippen LogP contribution in [0.4, 0.5) is 4.79 Å². The highest BCUT2D eigenvalue weighted by Crippen LogP contribution is 2.33. The smallest absolute Gasteiger partial charge is 0.319 e. The number of aryl methyl sites for hydroxylation is 2. The number of carbonyl (C=O) groups excluding carboxylic acids is 2. The quantitative estimate of drug-likeness (QED) is 0.731. The third-order valence-electron chi connectivity index (χ3n) is 5.68. The van der Waals surface area contributed by atoms with Crippen LogP contribution in [-0.2, 0) is 29.7 Å². The molecular weight excluding hydrogens is 340 g/mol. The average molecular weight is 360 g/mol. The number of amides is 3. The van der Waals surface area contributed by atoms with E-state index in [-0.39, 0.29) is 18.5 Å². The van der Waals surface area contributed by atoms with Crippen LogP contribution in [0.2, 0.25) is 0 Å². The van der Waals surface area contributed by atoms with Gasteiger partial charge in [-0.15, -0.1) is 0 Å². The molecule has 3 amide bonds. The Kier molecular flexibility index (Phi) is 3.37. The van der Waals surface area contributed by atoms with Gasteiger partial charge in [-0.3, -0.25) is 9.69 Å². The summed E-state index contributed by atoms with van der Waals surface area (Å²) in [7, 11) is 0. The Bertz CT molecular complexity index is 1050. The van der Waals surface area contributed by atoms with Crippen molar-refractivity contribution in [3.63, 3.8) is 0 Å². The van der Waals surface area contributed by atoms with Crippen molar-refractivity contribution in [1.82, 2.24) is 19.6 Å². The van der Waals surface area contributed by atoms with E-state index in [9.17, 15) is 9.59 Å². The average Bonchev–Trinajstić information content (AvgIpc) is 3.34. The number of hydrogen-bond acceptors (Lipinski definition) is 3. The number of rotatable bonds is 3. The topological polar surface area (TPSA) is 66.7 Å². The van der Waals surface area contributed by atoms with Crippen LogP contribution in [0.25, 0.3) is 5.65 Å². The van der Waals surface area contributed by atoms with E-state index in [2.05, 4.69) is 22.4 Å². The maximum absolute atomic E-state index is 13.2. The molecule has 136 valence electrons. The number of fused-ring (bicyclic) bond motifs is 2.